The molecule has 0 aliphatic carbocycles. The summed E-state index contributed by atoms with van der Waals surface area (Å²) in [6, 6.07) is 7.43. The Bertz CT molecular complexity index is 693. The zero-order chi connectivity index (χ0) is 18.1. The van der Waals surface area contributed by atoms with Crippen molar-refractivity contribution in [2.75, 3.05) is 20.2 Å². The summed E-state index contributed by atoms with van der Waals surface area (Å²) in [5, 5.41) is 17.7. The number of benzene rings is 1. The van der Waals surface area contributed by atoms with Crippen molar-refractivity contribution in [1.29, 1.82) is 0 Å². The summed E-state index contributed by atoms with van der Waals surface area (Å²) in [5.41, 5.74) is 0.801. The molecule has 0 saturated carbocycles. The van der Waals surface area contributed by atoms with Gasteiger partial charge in [0.05, 0.1) is 19.8 Å². The van der Waals surface area contributed by atoms with Crippen LogP contribution in [0, 0.1) is 0 Å². The fourth-order valence-electron chi connectivity index (χ4n) is 2.23. The van der Waals surface area contributed by atoms with Gasteiger partial charge in [0.2, 0.25) is 0 Å². The molecule has 0 aliphatic heterocycles. The van der Waals surface area contributed by atoms with E-state index in [1.54, 1.807) is 18.4 Å². The molecule has 0 fully saturated rings. The number of guanidine groups is 1. The minimum atomic E-state index is -0.648. The Kier molecular flexibility index (Phi) is 10.5. The van der Waals surface area contributed by atoms with Crippen LogP contribution in [0.1, 0.15) is 35.4 Å². The number of nitrogens with zero attached hydrogens (tertiary/aromatic N) is 2. The second-order valence-electron chi connectivity index (χ2n) is 5.44. The van der Waals surface area contributed by atoms with E-state index in [9.17, 15) is 5.11 Å². The third-order valence-electron chi connectivity index (χ3n) is 3.61. The van der Waals surface area contributed by atoms with Crippen LogP contribution >= 0.6 is 35.3 Å². The molecule has 0 aliphatic rings. The van der Waals surface area contributed by atoms with Crippen molar-refractivity contribution < 1.29 is 9.84 Å². The summed E-state index contributed by atoms with van der Waals surface area (Å²) >= 11 is 1.68. The van der Waals surface area contributed by atoms with Crippen molar-refractivity contribution in [2.24, 2.45) is 4.99 Å². The van der Waals surface area contributed by atoms with Gasteiger partial charge >= 0.3 is 0 Å². The van der Waals surface area contributed by atoms with Crippen molar-refractivity contribution in [3.8, 4) is 5.75 Å². The Hall–Kier alpha value is -1.39. The van der Waals surface area contributed by atoms with Crippen LogP contribution in [0.25, 0.3) is 0 Å². The number of rotatable bonds is 8. The van der Waals surface area contributed by atoms with Gasteiger partial charge < -0.3 is 20.5 Å². The lowest BCUT2D eigenvalue weighted by molar-refractivity contribution is 0.180. The third-order valence-corrected chi connectivity index (χ3v) is 4.73. The molecule has 3 N–H and O–H groups in total. The summed E-state index contributed by atoms with van der Waals surface area (Å²) in [4.78, 5) is 10.2. The fourth-order valence-corrected chi connectivity index (χ4v) is 3.02. The molecule has 8 heteroatoms. The summed E-state index contributed by atoms with van der Waals surface area (Å²) < 4.78 is 5.19. The number of halogens is 1. The van der Waals surface area contributed by atoms with Crippen molar-refractivity contribution in [1.82, 2.24) is 15.6 Å². The fraction of sp³-hybridized carbons (Fsp3) is 0.444. The van der Waals surface area contributed by atoms with Crippen LogP contribution < -0.4 is 15.4 Å². The minimum absolute atomic E-state index is 0. The molecule has 1 aromatic carbocycles. The summed E-state index contributed by atoms with van der Waals surface area (Å²) in [6.45, 7) is 5.76. The first-order valence-electron chi connectivity index (χ1n) is 8.44. The lowest BCUT2D eigenvalue weighted by atomic mass is 10.1. The second kappa shape index (κ2) is 12.1. The molecule has 1 atom stereocenters. The highest BCUT2D eigenvalue weighted by molar-refractivity contribution is 14.0. The Balaban J connectivity index is 0.00000338. The molecule has 0 amide bonds. The van der Waals surface area contributed by atoms with Gasteiger partial charge in [-0.3, -0.25) is 0 Å². The Morgan fingerprint density at radius 2 is 2.15 bits per heavy atom. The lowest BCUT2D eigenvalue weighted by Crippen LogP contribution is -2.39. The number of aliphatic hydroxyl groups excluding tert-OH is 1. The van der Waals surface area contributed by atoms with Gasteiger partial charge in [0, 0.05) is 24.2 Å². The largest absolute Gasteiger partial charge is 0.497 e. The van der Waals surface area contributed by atoms with E-state index in [4.69, 9.17) is 4.74 Å². The Morgan fingerprint density at radius 1 is 1.35 bits per heavy atom. The highest BCUT2D eigenvalue weighted by Crippen LogP contribution is 2.18. The zero-order valence-electron chi connectivity index (χ0n) is 15.4. The number of aliphatic imine (C=N–C) groups is 1. The van der Waals surface area contributed by atoms with E-state index in [-0.39, 0.29) is 24.0 Å². The molecule has 144 valence electrons. The molecule has 1 aromatic heterocycles. The molecule has 2 rings (SSSR count). The number of thiazole rings is 1. The standard InChI is InChI=1S/C18H26N4O2S.HI/c1-4-15-10-20-17(25-15)12-22-18(19-5-2)21-11-16(23)13-7-6-8-14(9-13)24-3;/h6-10,16,23H,4-5,11-12H2,1-3H3,(H2,19,21,22);1H. The number of aliphatic hydroxyl groups is 1. The number of hydrogen-bond acceptors (Lipinski definition) is 5. The minimum Gasteiger partial charge on any atom is -0.497 e. The molecule has 1 heterocycles. The summed E-state index contributed by atoms with van der Waals surface area (Å²) in [5.74, 6) is 1.39. The van der Waals surface area contributed by atoms with Crippen LogP contribution in [0.15, 0.2) is 35.5 Å². The first kappa shape index (κ1) is 22.7. The summed E-state index contributed by atoms with van der Waals surface area (Å²) in [6.07, 6.45) is 2.25. The van der Waals surface area contributed by atoms with E-state index in [1.165, 1.54) is 4.88 Å². The first-order valence-corrected chi connectivity index (χ1v) is 9.25. The Labute approximate surface area is 176 Å². The molecule has 0 radical (unpaired) electrons. The van der Waals surface area contributed by atoms with Gasteiger partial charge in [-0.05, 0) is 31.0 Å². The molecular formula is C18H27IN4O2S. The zero-order valence-corrected chi connectivity index (χ0v) is 18.5. The van der Waals surface area contributed by atoms with E-state index in [0.717, 1.165) is 29.3 Å². The van der Waals surface area contributed by atoms with Gasteiger partial charge in [0.1, 0.15) is 10.8 Å². The third kappa shape index (κ3) is 7.08. The SMILES string of the molecule is CCNC(=NCc1ncc(CC)s1)NCC(O)c1cccc(OC)c1.I. The van der Waals surface area contributed by atoms with Crippen LogP contribution in [0.4, 0.5) is 0 Å². The summed E-state index contributed by atoms with van der Waals surface area (Å²) in [7, 11) is 1.61. The highest BCUT2D eigenvalue weighted by atomic mass is 127. The predicted octanol–water partition coefficient (Wildman–Crippen LogP) is 3.12. The molecule has 1 unspecified atom stereocenters. The number of methoxy groups -OCH3 is 1. The van der Waals surface area contributed by atoms with Crippen LogP contribution in [0.5, 0.6) is 5.75 Å². The Morgan fingerprint density at radius 3 is 2.81 bits per heavy atom. The molecule has 2 aromatic rings. The monoisotopic (exact) mass is 490 g/mol. The number of ether oxygens (including phenoxy) is 1. The smallest absolute Gasteiger partial charge is 0.191 e. The van der Waals surface area contributed by atoms with E-state index in [1.807, 2.05) is 37.4 Å². The highest BCUT2D eigenvalue weighted by Gasteiger charge is 2.09. The van der Waals surface area contributed by atoms with Crippen LogP contribution in [0.2, 0.25) is 0 Å². The maximum Gasteiger partial charge on any atom is 0.191 e. The van der Waals surface area contributed by atoms with Crippen LogP contribution in [-0.2, 0) is 13.0 Å². The average molecular weight is 490 g/mol. The second-order valence-corrected chi connectivity index (χ2v) is 6.64. The normalized spacial score (nSPS) is 12.2. The number of aryl methyl sites for hydroxylation is 1. The molecule has 0 bridgehead atoms. The molecule has 0 spiro atoms. The van der Waals surface area contributed by atoms with E-state index in [0.29, 0.717) is 19.0 Å². The van der Waals surface area contributed by atoms with Crippen LogP contribution in [-0.4, -0.2) is 36.2 Å². The number of nitrogens with one attached hydrogen (secondary N) is 2. The van der Waals surface area contributed by atoms with E-state index >= 15 is 0 Å². The van der Waals surface area contributed by atoms with Gasteiger partial charge in [0.25, 0.3) is 0 Å². The van der Waals surface area contributed by atoms with Gasteiger partial charge in [-0.15, -0.1) is 35.3 Å². The number of hydrogen-bond donors (Lipinski definition) is 3. The van der Waals surface area contributed by atoms with Crippen molar-refractivity contribution >= 4 is 41.3 Å². The van der Waals surface area contributed by atoms with Crippen molar-refractivity contribution in [3.63, 3.8) is 0 Å². The van der Waals surface area contributed by atoms with Crippen molar-refractivity contribution in [3.05, 3.63) is 45.9 Å². The molecule has 26 heavy (non-hydrogen) atoms. The van der Waals surface area contributed by atoms with Gasteiger partial charge in [-0.1, -0.05) is 19.1 Å². The first-order chi connectivity index (χ1) is 12.2. The topological polar surface area (TPSA) is 78.8 Å². The molecular weight excluding hydrogens is 463 g/mol. The molecule has 6 nitrogen and oxygen atoms in total. The van der Waals surface area contributed by atoms with E-state index < -0.39 is 6.10 Å². The quantitative estimate of drug-likeness (QED) is 0.301. The van der Waals surface area contributed by atoms with Crippen LogP contribution in [0.3, 0.4) is 0 Å². The van der Waals surface area contributed by atoms with E-state index in [2.05, 4.69) is 27.5 Å². The number of aromatic nitrogens is 1. The lowest BCUT2D eigenvalue weighted by Gasteiger charge is -2.16. The maximum absolute atomic E-state index is 10.4. The average Bonchev–Trinajstić information content (AvgIpc) is 3.12. The predicted molar refractivity (Wildman–Crippen MR) is 118 cm³/mol. The van der Waals surface area contributed by atoms with Gasteiger partial charge in [0.15, 0.2) is 5.96 Å². The van der Waals surface area contributed by atoms with Gasteiger partial charge in [-0.2, -0.15) is 0 Å². The van der Waals surface area contributed by atoms with Gasteiger partial charge in [-0.25, -0.2) is 9.98 Å². The van der Waals surface area contributed by atoms with Crippen molar-refractivity contribution in [2.45, 2.75) is 32.9 Å². The maximum atomic E-state index is 10.4. The molecule has 0 saturated heterocycles.